The van der Waals surface area contributed by atoms with Gasteiger partial charge in [0, 0.05) is 16.3 Å². The third-order valence-corrected chi connectivity index (χ3v) is 8.15. The Morgan fingerprint density at radius 2 is 1.58 bits per heavy atom. The zero-order valence-corrected chi connectivity index (χ0v) is 22.8. The largest absolute Gasteiger partial charge is 0.495 e. The first kappa shape index (κ1) is 27.2. The molecule has 13 heteroatoms. The van der Waals surface area contributed by atoms with E-state index in [0.29, 0.717) is 26.7 Å². The molecular weight excluding hydrogens is 554 g/mol. The van der Waals surface area contributed by atoms with Crippen molar-refractivity contribution in [2.45, 2.75) is 11.4 Å². The lowest BCUT2D eigenvalue weighted by Crippen LogP contribution is -2.22. The summed E-state index contributed by atoms with van der Waals surface area (Å²) >= 11 is 6.98. The highest BCUT2D eigenvalue weighted by Crippen LogP contribution is 2.35. The number of nitrogens with zero attached hydrogens (tertiary/aromatic N) is 2. The number of carbonyl (C=O) groups is 2. The van der Waals surface area contributed by atoms with Crippen LogP contribution in [-0.2, 0) is 26.1 Å². The molecule has 0 bridgehead atoms. The van der Waals surface area contributed by atoms with Gasteiger partial charge in [0.15, 0.2) is 4.80 Å². The van der Waals surface area contributed by atoms with Crippen molar-refractivity contribution in [1.82, 2.24) is 4.57 Å². The summed E-state index contributed by atoms with van der Waals surface area (Å²) in [5.74, 6) is -0.149. The predicted molar refractivity (Wildman–Crippen MR) is 144 cm³/mol. The lowest BCUT2D eigenvalue weighted by Gasteiger charge is -2.09. The molecule has 0 spiro atoms. The maximum Gasteiger partial charge on any atom is 0.325 e. The Morgan fingerprint density at radius 3 is 2.18 bits per heavy atom. The molecule has 0 fully saturated rings. The van der Waals surface area contributed by atoms with E-state index in [9.17, 15) is 18.0 Å². The number of nitrogens with one attached hydrogen (secondary N) is 1. The van der Waals surface area contributed by atoms with Crippen LogP contribution in [0.2, 0.25) is 5.02 Å². The lowest BCUT2D eigenvalue weighted by molar-refractivity contribution is -0.141. The molecule has 0 saturated heterocycles. The Balaban J connectivity index is 1.69. The third-order valence-electron chi connectivity index (χ3n) is 5.41. The van der Waals surface area contributed by atoms with Crippen molar-refractivity contribution in [2.24, 2.45) is 4.99 Å². The Morgan fingerprint density at radius 1 is 0.947 bits per heavy atom. The van der Waals surface area contributed by atoms with Crippen LogP contribution in [0.3, 0.4) is 0 Å². The fourth-order valence-corrected chi connectivity index (χ4v) is 5.86. The number of methoxy groups -OCH3 is 3. The van der Waals surface area contributed by atoms with E-state index in [4.69, 9.17) is 25.8 Å². The Kier molecular flexibility index (Phi) is 8.05. The standard InChI is InChI=1S/C25H22ClN3O7S2/c1-34-19-12-13-20(35-2)23-22(19)29(14-21(30)36-3)25(37-23)27-24(31)15-4-8-17(9-5-15)28-38(32,33)18-10-6-16(26)7-11-18/h4-13,28H,14H2,1-3H3. The number of rotatable bonds is 8. The van der Waals surface area contributed by atoms with Crippen molar-refractivity contribution in [3.8, 4) is 11.5 Å². The van der Waals surface area contributed by atoms with Crippen molar-refractivity contribution in [1.29, 1.82) is 0 Å². The zero-order chi connectivity index (χ0) is 27.4. The number of ether oxygens (including phenoxy) is 3. The van der Waals surface area contributed by atoms with Gasteiger partial charge in [0.05, 0.1) is 26.2 Å². The molecule has 38 heavy (non-hydrogen) atoms. The van der Waals surface area contributed by atoms with Crippen LogP contribution >= 0.6 is 22.9 Å². The van der Waals surface area contributed by atoms with Crippen LogP contribution in [0.1, 0.15) is 10.4 Å². The summed E-state index contributed by atoms with van der Waals surface area (Å²) in [6.45, 7) is -0.211. The monoisotopic (exact) mass is 575 g/mol. The van der Waals surface area contributed by atoms with Gasteiger partial charge in [-0.1, -0.05) is 22.9 Å². The van der Waals surface area contributed by atoms with E-state index in [1.165, 1.54) is 74.4 Å². The van der Waals surface area contributed by atoms with E-state index in [-0.39, 0.29) is 27.5 Å². The second kappa shape index (κ2) is 11.3. The second-order valence-corrected chi connectivity index (χ2v) is 10.8. The highest BCUT2D eigenvalue weighted by atomic mass is 35.5. The van der Waals surface area contributed by atoms with E-state index < -0.39 is 21.9 Å². The number of hydrogen-bond donors (Lipinski definition) is 1. The molecule has 0 saturated carbocycles. The number of benzene rings is 3. The van der Waals surface area contributed by atoms with Gasteiger partial charge in [-0.2, -0.15) is 4.99 Å². The molecule has 1 heterocycles. The Labute approximate surface area is 227 Å². The molecule has 4 aromatic rings. The lowest BCUT2D eigenvalue weighted by atomic mass is 10.2. The van der Waals surface area contributed by atoms with Gasteiger partial charge in [0.1, 0.15) is 28.3 Å². The van der Waals surface area contributed by atoms with Crippen molar-refractivity contribution >= 4 is 60.7 Å². The summed E-state index contributed by atoms with van der Waals surface area (Å²) in [6.07, 6.45) is 0. The highest BCUT2D eigenvalue weighted by molar-refractivity contribution is 7.92. The minimum atomic E-state index is -3.85. The molecule has 4 rings (SSSR count). The minimum Gasteiger partial charge on any atom is -0.495 e. The first-order valence-corrected chi connectivity index (χ1v) is 13.6. The third kappa shape index (κ3) is 5.67. The highest BCUT2D eigenvalue weighted by Gasteiger charge is 2.19. The van der Waals surface area contributed by atoms with E-state index in [1.54, 1.807) is 12.1 Å². The first-order chi connectivity index (χ1) is 18.2. The number of fused-ring (bicyclic) bond motifs is 1. The van der Waals surface area contributed by atoms with Crippen LogP contribution in [0.15, 0.2) is 70.6 Å². The van der Waals surface area contributed by atoms with Crippen LogP contribution in [0.4, 0.5) is 5.69 Å². The predicted octanol–water partition coefficient (Wildman–Crippen LogP) is 4.09. The maximum absolute atomic E-state index is 13.1. The van der Waals surface area contributed by atoms with E-state index in [0.717, 1.165) is 11.3 Å². The number of thiazole rings is 1. The van der Waals surface area contributed by atoms with Gasteiger partial charge in [-0.15, -0.1) is 0 Å². The van der Waals surface area contributed by atoms with Crippen LogP contribution in [-0.4, -0.2) is 46.2 Å². The fourth-order valence-electron chi connectivity index (χ4n) is 3.54. The van der Waals surface area contributed by atoms with Gasteiger partial charge >= 0.3 is 5.97 Å². The molecule has 1 amide bonds. The topological polar surface area (TPSA) is 125 Å². The van der Waals surface area contributed by atoms with Gasteiger partial charge in [0.2, 0.25) is 0 Å². The zero-order valence-electron chi connectivity index (χ0n) is 20.4. The summed E-state index contributed by atoms with van der Waals surface area (Å²) < 4.78 is 45.6. The number of aromatic nitrogens is 1. The van der Waals surface area contributed by atoms with Crippen LogP contribution < -0.4 is 19.0 Å². The van der Waals surface area contributed by atoms with Gasteiger partial charge in [-0.05, 0) is 60.7 Å². The number of sulfonamides is 1. The van der Waals surface area contributed by atoms with Crippen molar-refractivity contribution in [3.05, 3.63) is 76.1 Å². The van der Waals surface area contributed by atoms with Crippen molar-refractivity contribution in [3.63, 3.8) is 0 Å². The summed E-state index contributed by atoms with van der Waals surface area (Å²) in [7, 11) is 0.420. The minimum absolute atomic E-state index is 0.0443. The molecule has 0 radical (unpaired) electrons. The van der Waals surface area contributed by atoms with E-state index in [1.807, 2.05) is 0 Å². The number of hydrogen-bond acceptors (Lipinski definition) is 8. The van der Waals surface area contributed by atoms with Gasteiger partial charge < -0.3 is 18.8 Å². The maximum atomic E-state index is 13.1. The van der Waals surface area contributed by atoms with Crippen molar-refractivity contribution < 1.29 is 32.2 Å². The molecular formula is C25H22ClN3O7S2. The van der Waals surface area contributed by atoms with Gasteiger partial charge in [-0.25, -0.2) is 8.42 Å². The fraction of sp³-hybridized carbons (Fsp3) is 0.160. The second-order valence-electron chi connectivity index (χ2n) is 7.75. The SMILES string of the molecule is COC(=O)Cn1c(=NC(=O)c2ccc(NS(=O)(=O)c3ccc(Cl)cc3)cc2)sc2c(OC)ccc(OC)c21. The summed E-state index contributed by atoms with van der Waals surface area (Å²) in [6, 6.07) is 14.9. The molecule has 10 nitrogen and oxygen atoms in total. The van der Waals surface area contributed by atoms with Crippen molar-refractivity contribution in [2.75, 3.05) is 26.1 Å². The number of anilines is 1. The average molecular weight is 576 g/mol. The molecule has 3 aromatic carbocycles. The summed E-state index contributed by atoms with van der Waals surface area (Å²) in [4.78, 5) is 29.7. The van der Waals surface area contributed by atoms with Crippen LogP contribution in [0.25, 0.3) is 10.2 Å². The normalized spacial score (nSPS) is 11.8. The Bertz CT molecular complexity index is 1680. The molecule has 1 aromatic heterocycles. The number of carbonyl (C=O) groups excluding carboxylic acids is 2. The summed E-state index contributed by atoms with van der Waals surface area (Å²) in [5, 5.41) is 0.416. The molecule has 0 aliphatic heterocycles. The molecule has 1 N–H and O–H groups in total. The van der Waals surface area contributed by atoms with Gasteiger partial charge in [-0.3, -0.25) is 14.3 Å². The van der Waals surface area contributed by atoms with Gasteiger partial charge in [0.25, 0.3) is 15.9 Å². The molecule has 0 atom stereocenters. The molecule has 0 unspecified atom stereocenters. The van der Waals surface area contributed by atoms with E-state index >= 15 is 0 Å². The molecule has 198 valence electrons. The molecule has 0 aliphatic carbocycles. The number of halogens is 1. The molecule has 0 aliphatic rings. The smallest absolute Gasteiger partial charge is 0.325 e. The quantitative estimate of drug-likeness (QED) is 0.314. The van der Waals surface area contributed by atoms with E-state index in [2.05, 4.69) is 9.71 Å². The number of amides is 1. The Hall–Kier alpha value is -3.87. The van der Waals surface area contributed by atoms with Crippen LogP contribution in [0, 0.1) is 0 Å². The first-order valence-electron chi connectivity index (χ1n) is 11.0. The average Bonchev–Trinajstić information content (AvgIpc) is 3.26. The summed E-state index contributed by atoms with van der Waals surface area (Å²) in [5.41, 5.74) is 0.995. The number of esters is 1. The van der Waals surface area contributed by atoms with Crippen LogP contribution in [0.5, 0.6) is 11.5 Å².